The highest BCUT2D eigenvalue weighted by molar-refractivity contribution is 9.10. The summed E-state index contributed by atoms with van der Waals surface area (Å²) >= 11 is 3.15. The topological polar surface area (TPSA) is 78.4 Å². The van der Waals surface area contributed by atoms with E-state index in [0.717, 1.165) is 0 Å². The zero-order valence-electron chi connectivity index (χ0n) is 10.3. The van der Waals surface area contributed by atoms with Crippen LogP contribution in [-0.4, -0.2) is 23.7 Å². The molecule has 0 spiro atoms. The molecule has 19 heavy (non-hydrogen) atoms. The molecule has 5 nitrogen and oxygen atoms in total. The zero-order valence-corrected chi connectivity index (χ0v) is 11.9. The lowest BCUT2D eigenvalue weighted by atomic mass is 9.85. The average molecular weight is 327 g/mol. The lowest BCUT2D eigenvalue weighted by Crippen LogP contribution is -2.35. The molecule has 1 aromatic rings. The van der Waals surface area contributed by atoms with Crippen molar-refractivity contribution in [3.8, 4) is 0 Å². The third-order valence-electron chi connectivity index (χ3n) is 3.23. The second kappa shape index (κ2) is 6.06. The summed E-state index contributed by atoms with van der Waals surface area (Å²) in [4.78, 5) is 22.6. The number of anilines is 1. The number of hydrogen-bond donors (Lipinski definition) is 3. The van der Waals surface area contributed by atoms with Gasteiger partial charge >= 0.3 is 12.0 Å². The van der Waals surface area contributed by atoms with E-state index in [-0.39, 0.29) is 11.6 Å². The van der Waals surface area contributed by atoms with Gasteiger partial charge in [-0.15, -0.1) is 0 Å². The first-order valence-corrected chi connectivity index (χ1v) is 6.93. The van der Waals surface area contributed by atoms with Crippen LogP contribution in [0.2, 0.25) is 0 Å². The maximum Gasteiger partial charge on any atom is 0.336 e. The van der Waals surface area contributed by atoms with Gasteiger partial charge in [0.1, 0.15) is 0 Å². The van der Waals surface area contributed by atoms with Crippen LogP contribution in [-0.2, 0) is 0 Å². The molecule has 2 rings (SSSR count). The van der Waals surface area contributed by atoms with Crippen molar-refractivity contribution in [1.29, 1.82) is 0 Å². The fraction of sp³-hybridized carbons (Fsp3) is 0.385. The number of hydrogen-bond acceptors (Lipinski definition) is 2. The Morgan fingerprint density at radius 2 is 2.11 bits per heavy atom. The molecular weight excluding hydrogens is 312 g/mol. The van der Waals surface area contributed by atoms with Crippen LogP contribution in [0.5, 0.6) is 0 Å². The van der Waals surface area contributed by atoms with Gasteiger partial charge in [-0.3, -0.25) is 0 Å². The molecule has 3 N–H and O–H groups in total. The number of carboxylic acid groups (broad SMARTS) is 1. The van der Waals surface area contributed by atoms with Crippen molar-refractivity contribution >= 4 is 33.6 Å². The number of carbonyl (C=O) groups is 2. The van der Waals surface area contributed by atoms with Crippen molar-refractivity contribution in [2.24, 2.45) is 5.92 Å². The van der Waals surface area contributed by atoms with Gasteiger partial charge < -0.3 is 15.7 Å². The molecule has 0 radical (unpaired) electrons. The van der Waals surface area contributed by atoms with Gasteiger partial charge in [-0.2, -0.15) is 0 Å². The number of halogens is 1. The Kier molecular flexibility index (Phi) is 4.42. The number of carboxylic acids is 1. The van der Waals surface area contributed by atoms with Crippen LogP contribution in [0, 0.1) is 5.92 Å². The minimum atomic E-state index is -1.04. The van der Waals surface area contributed by atoms with Crippen molar-refractivity contribution in [3.05, 3.63) is 28.2 Å². The number of aromatic carboxylic acids is 1. The molecule has 1 aliphatic carbocycles. The number of rotatable bonds is 4. The maximum absolute atomic E-state index is 11.6. The van der Waals surface area contributed by atoms with Crippen molar-refractivity contribution < 1.29 is 14.7 Å². The lowest BCUT2D eigenvalue weighted by molar-refractivity contribution is 0.0696. The second-order valence-corrected chi connectivity index (χ2v) is 5.49. The molecule has 0 aromatic heterocycles. The number of amides is 2. The maximum atomic E-state index is 11.6. The first-order valence-electron chi connectivity index (χ1n) is 6.14. The molecule has 0 bridgehead atoms. The number of benzene rings is 1. The molecule has 1 fully saturated rings. The minimum Gasteiger partial charge on any atom is -0.478 e. The highest BCUT2D eigenvalue weighted by Gasteiger charge is 2.18. The molecule has 0 aliphatic heterocycles. The highest BCUT2D eigenvalue weighted by atomic mass is 79.9. The summed E-state index contributed by atoms with van der Waals surface area (Å²) in [5.74, 6) is -0.448. The zero-order chi connectivity index (χ0) is 13.8. The summed E-state index contributed by atoms with van der Waals surface area (Å²) in [5, 5.41) is 14.4. The summed E-state index contributed by atoms with van der Waals surface area (Å²) in [6, 6.07) is 4.38. The Bertz CT molecular complexity index is 501. The average Bonchev–Trinajstić information content (AvgIpc) is 2.29. The monoisotopic (exact) mass is 326 g/mol. The van der Waals surface area contributed by atoms with E-state index in [1.54, 1.807) is 12.1 Å². The highest BCUT2D eigenvalue weighted by Crippen LogP contribution is 2.25. The SMILES string of the molecule is O=C(NCC1CCC1)Nc1ccc(Br)c(C(=O)O)c1. The van der Waals surface area contributed by atoms with Gasteiger partial charge in [0.05, 0.1) is 5.56 Å². The van der Waals surface area contributed by atoms with Crippen LogP contribution in [0.1, 0.15) is 29.6 Å². The Hall–Kier alpha value is -1.56. The molecule has 0 unspecified atom stereocenters. The third kappa shape index (κ3) is 3.70. The van der Waals surface area contributed by atoms with Gasteiger partial charge in [0, 0.05) is 16.7 Å². The molecule has 2 amide bonds. The van der Waals surface area contributed by atoms with E-state index in [0.29, 0.717) is 22.6 Å². The molecule has 0 saturated heterocycles. The van der Waals surface area contributed by atoms with E-state index in [2.05, 4.69) is 26.6 Å². The molecule has 1 aliphatic rings. The van der Waals surface area contributed by atoms with Crippen molar-refractivity contribution in [1.82, 2.24) is 5.32 Å². The van der Waals surface area contributed by atoms with Crippen LogP contribution < -0.4 is 10.6 Å². The molecule has 0 atom stereocenters. The largest absolute Gasteiger partial charge is 0.478 e. The summed E-state index contributed by atoms with van der Waals surface area (Å²) in [7, 11) is 0. The van der Waals surface area contributed by atoms with Crippen LogP contribution in [0.15, 0.2) is 22.7 Å². The van der Waals surface area contributed by atoms with Gasteiger partial charge in [-0.05, 0) is 52.9 Å². The molecule has 102 valence electrons. The van der Waals surface area contributed by atoms with Crippen molar-refractivity contribution in [3.63, 3.8) is 0 Å². The van der Waals surface area contributed by atoms with E-state index in [9.17, 15) is 9.59 Å². The van der Waals surface area contributed by atoms with Crippen LogP contribution in [0.3, 0.4) is 0 Å². The summed E-state index contributed by atoms with van der Waals surface area (Å²) in [6.07, 6.45) is 3.58. The Balaban J connectivity index is 1.92. The molecule has 0 heterocycles. The van der Waals surface area contributed by atoms with Crippen LogP contribution >= 0.6 is 15.9 Å². The molecular formula is C13H15BrN2O3. The summed E-state index contributed by atoms with van der Waals surface area (Å²) in [6.45, 7) is 0.675. The quantitative estimate of drug-likeness (QED) is 0.795. The van der Waals surface area contributed by atoms with Gasteiger partial charge in [0.25, 0.3) is 0 Å². The first kappa shape index (κ1) is 13.9. The fourth-order valence-corrected chi connectivity index (χ4v) is 2.29. The predicted molar refractivity (Wildman–Crippen MR) is 75.5 cm³/mol. The van der Waals surface area contributed by atoms with Gasteiger partial charge in [0.15, 0.2) is 0 Å². The van der Waals surface area contributed by atoms with E-state index < -0.39 is 5.97 Å². The summed E-state index contributed by atoms with van der Waals surface area (Å²) < 4.78 is 0.487. The van der Waals surface area contributed by atoms with E-state index in [4.69, 9.17) is 5.11 Å². The summed E-state index contributed by atoms with van der Waals surface area (Å²) in [5.41, 5.74) is 0.587. The van der Waals surface area contributed by atoms with Gasteiger partial charge in [0.2, 0.25) is 0 Å². The van der Waals surface area contributed by atoms with Crippen LogP contribution in [0.25, 0.3) is 0 Å². The smallest absolute Gasteiger partial charge is 0.336 e. The second-order valence-electron chi connectivity index (χ2n) is 4.63. The van der Waals surface area contributed by atoms with Gasteiger partial charge in [-0.25, -0.2) is 9.59 Å². The number of carbonyl (C=O) groups excluding carboxylic acids is 1. The molecule has 1 aromatic carbocycles. The minimum absolute atomic E-state index is 0.122. The van der Waals surface area contributed by atoms with E-state index >= 15 is 0 Å². The third-order valence-corrected chi connectivity index (χ3v) is 3.92. The Morgan fingerprint density at radius 1 is 1.37 bits per heavy atom. The predicted octanol–water partition coefficient (Wildman–Crippen LogP) is 3.07. The van der Waals surface area contributed by atoms with Crippen molar-refractivity contribution in [2.45, 2.75) is 19.3 Å². The van der Waals surface area contributed by atoms with Crippen molar-refractivity contribution in [2.75, 3.05) is 11.9 Å². The standard InChI is InChI=1S/C13H15BrN2O3/c14-11-5-4-9(6-10(11)12(17)18)16-13(19)15-7-8-2-1-3-8/h4-6,8H,1-3,7H2,(H,17,18)(H2,15,16,19). The first-order chi connectivity index (χ1) is 9.06. The molecule has 6 heteroatoms. The van der Waals surface area contributed by atoms with Gasteiger partial charge in [-0.1, -0.05) is 6.42 Å². The number of nitrogens with one attached hydrogen (secondary N) is 2. The van der Waals surface area contributed by atoms with E-state index in [1.165, 1.54) is 25.3 Å². The fourth-order valence-electron chi connectivity index (χ4n) is 1.88. The van der Waals surface area contributed by atoms with Crippen LogP contribution in [0.4, 0.5) is 10.5 Å². The Labute approximate surface area is 119 Å². The molecule has 1 saturated carbocycles. The normalized spacial score (nSPS) is 14.6. The Morgan fingerprint density at radius 3 is 2.68 bits per heavy atom. The number of urea groups is 1. The lowest BCUT2D eigenvalue weighted by Gasteiger charge is -2.25. The van der Waals surface area contributed by atoms with E-state index in [1.807, 2.05) is 0 Å².